The number of carbonyl (C=O) groups excluding carboxylic acids is 1. The molecular weight excluding hydrogens is 406 g/mol. The Morgan fingerprint density at radius 3 is 2.65 bits per heavy atom. The maximum absolute atomic E-state index is 12.2. The Kier molecular flexibility index (Phi) is 6.05. The lowest BCUT2D eigenvalue weighted by molar-refractivity contribution is -0.141. The van der Waals surface area contributed by atoms with E-state index in [9.17, 15) is 29.4 Å². The molecule has 162 valence electrons. The molecule has 0 saturated carbocycles. The third-order valence-corrected chi connectivity index (χ3v) is 4.86. The number of aliphatic imine (C=N–C) groups is 1. The number of para-hydroxylation sites is 1. The van der Waals surface area contributed by atoms with Gasteiger partial charge < -0.3 is 20.5 Å². The maximum atomic E-state index is 12.2. The Balaban J connectivity index is 1.71. The molecule has 3 aromatic rings. The van der Waals surface area contributed by atoms with Crippen LogP contribution in [0.1, 0.15) is 11.1 Å². The van der Waals surface area contributed by atoms with E-state index in [1.807, 2.05) is 24.3 Å². The number of rotatable bonds is 7. The molecule has 0 fully saturated rings. The molecule has 0 saturated heterocycles. The van der Waals surface area contributed by atoms with Crippen LogP contribution in [-0.4, -0.2) is 55.0 Å². The lowest BCUT2D eigenvalue weighted by Gasteiger charge is -2.13. The summed E-state index contributed by atoms with van der Waals surface area (Å²) in [6.07, 6.45) is 2.74. The Morgan fingerprint density at radius 1 is 1.23 bits per heavy atom. The van der Waals surface area contributed by atoms with E-state index >= 15 is 0 Å². The van der Waals surface area contributed by atoms with Crippen molar-refractivity contribution in [3.05, 3.63) is 62.4 Å². The third-order valence-electron chi connectivity index (χ3n) is 4.86. The molecule has 1 atom stereocenters. The lowest BCUT2D eigenvalue weighted by atomic mass is 10.1. The highest BCUT2D eigenvalue weighted by Crippen LogP contribution is 2.19. The molecule has 0 unspecified atom stereocenters. The normalized spacial score (nSPS) is 12.3. The Labute approximate surface area is 175 Å². The quantitative estimate of drug-likeness (QED) is 0.372. The number of fused-ring (bicyclic) bond motifs is 1. The van der Waals surface area contributed by atoms with Crippen molar-refractivity contribution in [2.75, 3.05) is 6.54 Å². The molecule has 3 rings (SSSR count). The van der Waals surface area contributed by atoms with Crippen molar-refractivity contribution in [3.8, 4) is 5.88 Å². The minimum Gasteiger partial charge on any atom is -0.494 e. The summed E-state index contributed by atoms with van der Waals surface area (Å²) in [5.74, 6) is -2.46. The molecule has 0 spiro atoms. The fourth-order valence-corrected chi connectivity index (χ4v) is 3.15. The van der Waals surface area contributed by atoms with Gasteiger partial charge in [-0.05, 0) is 11.6 Å². The number of hydrogen-bond acceptors (Lipinski definition) is 6. The first kappa shape index (κ1) is 21.6. The lowest BCUT2D eigenvalue weighted by Crippen LogP contribution is -2.43. The minimum atomic E-state index is -1.20. The van der Waals surface area contributed by atoms with E-state index in [1.54, 1.807) is 6.20 Å². The van der Waals surface area contributed by atoms with Crippen LogP contribution in [0.4, 0.5) is 0 Å². The molecule has 1 amide bonds. The molecule has 1 aromatic carbocycles. The second-order valence-corrected chi connectivity index (χ2v) is 6.93. The summed E-state index contributed by atoms with van der Waals surface area (Å²) in [6.45, 7) is -0.469. The van der Waals surface area contributed by atoms with Crippen LogP contribution in [0.25, 0.3) is 10.9 Å². The summed E-state index contributed by atoms with van der Waals surface area (Å²) >= 11 is 0. The summed E-state index contributed by atoms with van der Waals surface area (Å²) in [6, 6.07) is 6.22. The number of H-pyrrole nitrogens is 1. The molecule has 0 radical (unpaired) electrons. The highest BCUT2D eigenvalue weighted by atomic mass is 16.4. The molecule has 0 aliphatic carbocycles. The number of carbonyl (C=O) groups is 2. The van der Waals surface area contributed by atoms with Crippen LogP contribution in [0.3, 0.4) is 0 Å². The Morgan fingerprint density at radius 2 is 1.94 bits per heavy atom. The van der Waals surface area contributed by atoms with Gasteiger partial charge in [0.25, 0.3) is 5.56 Å². The zero-order chi connectivity index (χ0) is 22.7. The first-order valence-corrected chi connectivity index (χ1v) is 9.26. The molecule has 4 N–H and O–H groups in total. The molecule has 2 aromatic heterocycles. The highest BCUT2D eigenvalue weighted by molar-refractivity contribution is 5.89. The highest BCUT2D eigenvalue weighted by Gasteiger charge is 2.21. The van der Waals surface area contributed by atoms with Crippen LogP contribution in [0, 0.1) is 0 Å². The first-order chi connectivity index (χ1) is 14.7. The summed E-state index contributed by atoms with van der Waals surface area (Å²) in [5, 5.41) is 22.7. The molecule has 2 heterocycles. The van der Waals surface area contributed by atoms with Crippen molar-refractivity contribution >= 4 is 29.0 Å². The molecule has 0 aliphatic heterocycles. The van der Waals surface area contributed by atoms with E-state index < -0.39 is 41.6 Å². The van der Waals surface area contributed by atoms with Gasteiger partial charge in [-0.25, -0.2) is 9.59 Å². The topological polar surface area (TPSA) is 159 Å². The SMILES string of the molecule is Cn1c(O)c(C=NCC(=O)N[C@@H](Cc2c[nH]c3ccccc23)C(=O)O)c(=O)n(C)c1=O. The molecular formula is C20H21N5O6. The van der Waals surface area contributed by atoms with Crippen LogP contribution in [0.15, 0.2) is 45.0 Å². The van der Waals surface area contributed by atoms with Crippen LogP contribution in [0.5, 0.6) is 5.88 Å². The van der Waals surface area contributed by atoms with Gasteiger partial charge in [-0.3, -0.25) is 23.7 Å². The number of aromatic hydroxyl groups is 1. The van der Waals surface area contributed by atoms with Crippen molar-refractivity contribution < 1.29 is 19.8 Å². The van der Waals surface area contributed by atoms with Gasteiger partial charge in [0, 0.05) is 43.8 Å². The minimum absolute atomic E-state index is 0.0664. The van der Waals surface area contributed by atoms with Crippen molar-refractivity contribution in [1.29, 1.82) is 0 Å². The van der Waals surface area contributed by atoms with Gasteiger partial charge >= 0.3 is 11.7 Å². The Bertz CT molecular complexity index is 1300. The fourth-order valence-electron chi connectivity index (χ4n) is 3.15. The monoisotopic (exact) mass is 427 g/mol. The third kappa shape index (κ3) is 4.39. The molecule has 11 nitrogen and oxygen atoms in total. The average molecular weight is 427 g/mol. The fraction of sp³-hybridized carbons (Fsp3) is 0.250. The number of nitrogens with one attached hydrogen (secondary N) is 2. The van der Waals surface area contributed by atoms with Crippen LogP contribution in [0.2, 0.25) is 0 Å². The van der Waals surface area contributed by atoms with Crippen molar-refractivity contribution in [1.82, 2.24) is 19.4 Å². The predicted molar refractivity (Wildman–Crippen MR) is 113 cm³/mol. The number of nitrogens with zero attached hydrogens (tertiary/aromatic N) is 3. The van der Waals surface area contributed by atoms with Gasteiger partial charge in [0.1, 0.15) is 18.2 Å². The maximum Gasteiger partial charge on any atom is 0.333 e. The molecule has 0 aliphatic rings. The van der Waals surface area contributed by atoms with Crippen molar-refractivity contribution in [2.24, 2.45) is 19.1 Å². The van der Waals surface area contributed by atoms with Crippen LogP contribution < -0.4 is 16.6 Å². The number of hydrogen-bond donors (Lipinski definition) is 4. The number of carboxylic acids is 1. The van der Waals surface area contributed by atoms with E-state index in [2.05, 4.69) is 15.3 Å². The molecule has 31 heavy (non-hydrogen) atoms. The van der Waals surface area contributed by atoms with Crippen LogP contribution in [-0.2, 0) is 30.1 Å². The van der Waals surface area contributed by atoms with E-state index in [-0.39, 0.29) is 12.0 Å². The first-order valence-electron chi connectivity index (χ1n) is 9.26. The zero-order valence-electron chi connectivity index (χ0n) is 16.8. The summed E-state index contributed by atoms with van der Waals surface area (Å²) in [4.78, 5) is 54.5. The van der Waals surface area contributed by atoms with Gasteiger partial charge in [-0.1, -0.05) is 18.2 Å². The number of aliphatic carboxylic acids is 1. The number of aromatic amines is 1. The van der Waals surface area contributed by atoms with Gasteiger partial charge in [-0.15, -0.1) is 0 Å². The van der Waals surface area contributed by atoms with Gasteiger partial charge in [0.2, 0.25) is 11.8 Å². The standard InChI is InChI=1S/C20H21N5O6/c1-24-17(27)13(18(28)25(2)20(24)31)9-21-10-16(26)23-15(19(29)30)7-11-8-22-14-6-4-3-5-12(11)14/h3-6,8-9,15,22,27H,7,10H2,1-2H3,(H,23,26)(H,29,30)/t15-/m0/s1. The zero-order valence-corrected chi connectivity index (χ0v) is 16.8. The summed E-state index contributed by atoms with van der Waals surface area (Å²) in [5.41, 5.74) is -0.140. The Hall–Kier alpha value is -4.15. The van der Waals surface area contributed by atoms with Gasteiger partial charge in [0.05, 0.1) is 0 Å². The van der Waals surface area contributed by atoms with Gasteiger partial charge in [0.15, 0.2) is 0 Å². The van der Waals surface area contributed by atoms with E-state index in [1.165, 1.54) is 14.1 Å². The number of benzene rings is 1. The van der Waals surface area contributed by atoms with Crippen molar-refractivity contribution in [3.63, 3.8) is 0 Å². The van der Waals surface area contributed by atoms with Crippen LogP contribution >= 0.6 is 0 Å². The largest absolute Gasteiger partial charge is 0.494 e. The smallest absolute Gasteiger partial charge is 0.333 e. The van der Waals surface area contributed by atoms with Crippen molar-refractivity contribution in [2.45, 2.75) is 12.5 Å². The number of aromatic nitrogens is 3. The summed E-state index contributed by atoms with van der Waals surface area (Å²) < 4.78 is 1.66. The van der Waals surface area contributed by atoms with E-state index in [0.29, 0.717) is 0 Å². The molecule has 11 heteroatoms. The number of amides is 1. The van der Waals surface area contributed by atoms with E-state index in [4.69, 9.17) is 0 Å². The molecule has 0 bridgehead atoms. The predicted octanol–water partition coefficient (Wildman–Crippen LogP) is -0.498. The van der Waals surface area contributed by atoms with Gasteiger partial charge in [-0.2, -0.15) is 0 Å². The average Bonchev–Trinajstić information content (AvgIpc) is 3.15. The second kappa shape index (κ2) is 8.69. The summed E-state index contributed by atoms with van der Waals surface area (Å²) in [7, 11) is 2.53. The van der Waals surface area contributed by atoms with E-state index in [0.717, 1.165) is 31.8 Å². The second-order valence-electron chi connectivity index (χ2n) is 6.93. The number of carboxylic acid groups (broad SMARTS) is 1.